The highest BCUT2D eigenvalue weighted by Gasteiger charge is 2.14. The van der Waals surface area contributed by atoms with E-state index in [1.165, 1.54) is 5.56 Å². The smallest absolute Gasteiger partial charge is 0.239 e. The lowest BCUT2D eigenvalue weighted by Crippen LogP contribution is -2.42. The molecule has 0 unspecified atom stereocenters. The van der Waals surface area contributed by atoms with Crippen molar-refractivity contribution in [3.05, 3.63) is 35.9 Å². The summed E-state index contributed by atoms with van der Waals surface area (Å²) in [5, 5.41) is 0. The first-order valence-corrected chi connectivity index (χ1v) is 5.73. The van der Waals surface area contributed by atoms with Crippen LogP contribution < -0.4 is 5.73 Å². The lowest BCUT2D eigenvalue weighted by Gasteiger charge is -2.22. The van der Waals surface area contributed by atoms with Gasteiger partial charge < -0.3 is 10.6 Å². The van der Waals surface area contributed by atoms with E-state index in [1.807, 2.05) is 25.1 Å². The molecular weight excluding hydrogens is 200 g/mol. The van der Waals surface area contributed by atoms with Crippen LogP contribution in [0.25, 0.3) is 0 Å². The van der Waals surface area contributed by atoms with Gasteiger partial charge in [0, 0.05) is 13.1 Å². The predicted molar refractivity (Wildman–Crippen MR) is 66.0 cm³/mol. The third-order valence-corrected chi connectivity index (χ3v) is 2.60. The normalized spacial score (nSPS) is 12.2. The molecule has 0 fully saturated rings. The SMILES string of the molecule is CCN(CCc1ccccc1)C(=O)[C@H](C)N. The second kappa shape index (κ2) is 6.28. The van der Waals surface area contributed by atoms with Gasteiger partial charge in [-0.1, -0.05) is 30.3 Å². The van der Waals surface area contributed by atoms with Gasteiger partial charge in [0.1, 0.15) is 0 Å². The van der Waals surface area contributed by atoms with Gasteiger partial charge in [0.2, 0.25) is 5.91 Å². The molecule has 0 heterocycles. The van der Waals surface area contributed by atoms with E-state index in [4.69, 9.17) is 5.73 Å². The van der Waals surface area contributed by atoms with Crippen LogP contribution in [0.15, 0.2) is 30.3 Å². The summed E-state index contributed by atoms with van der Waals surface area (Å²) in [6.07, 6.45) is 0.882. The maximum atomic E-state index is 11.7. The topological polar surface area (TPSA) is 46.3 Å². The average molecular weight is 220 g/mol. The van der Waals surface area contributed by atoms with Crippen molar-refractivity contribution in [3.8, 4) is 0 Å². The highest BCUT2D eigenvalue weighted by Crippen LogP contribution is 2.02. The van der Waals surface area contributed by atoms with Gasteiger partial charge in [-0.2, -0.15) is 0 Å². The first-order valence-electron chi connectivity index (χ1n) is 5.73. The number of hydrogen-bond acceptors (Lipinski definition) is 2. The highest BCUT2D eigenvalue weighted by molar-refractivity contribution is 5.81. The average Bonchev–Trinajstić information content (AvgIpc) is 2.30. The molecule has 1 rings (SSSR count). The molecule has 0 saturated carbocycles. The molecule has 1 amide bonds. The molecule has 16 heavy (non-hydrogen) atoms. The Morgan fingerprint density at radius 2 is 2.00 bits per heavy atom. The van der Waals surface area contributed by atoms with Crippen LogP contribution in [0.1, 0.15) is 19.4 Å². The van der Waals surface area contributed by atoms with Crippen LogP contribution >= 0.6 is 0 Å². The van der Waals surface area contributed by atoms with Crippen molar-refractivity contribution in [2.45, 2.75) is 26.3 Å². The third kappa shape index (κ3) is 3.66. The van der Waals surface area contributed by atoms with E-state index in [9.17, 15) is 4.79 Å². The number of nitrogens with zero attached hydrogens (tertiary/aromatic N) is 1. The second-order valence-electron chi connectivity index (χ2n) is 3.94. The van der Waals surface area contributed by atoms with E-state index in [-0.39, 0.29) is 5.91 Å². The molecule has 1 atom stereocenters. The lowest BCUT2D eigenvalue weighted by molar-refractivity contribution is -0.131. The van der Waals surface area contributed by atoms with Crippen LogP contribution in [0.5, 0.6) is 0 Å². The van der Waals surface area contributed by atoms with Crippen LogP contribution in [0.2, 0.25) is 0 Å². The number of carbonyl (C=O) groups excluding carboxylic acids is 1. The summed E-state index contributed by atoms with van der Waals surface area (Å²) in [7, 11) is 0. The van der Waals surface area contributed by atoms with Gasteiger partial charge in [0.25, 0.3) is 0 Å². The van der Waals surface area contributed by atoms with Gasteiger partial charge in [-0.25, -0.2) is 0 Å². The summed E-state index contributed by atoms with van der Waals surface area (Å²) in [5.41, 5.74) is 6.84. The molecule has 3 nitrogen and oxygen atoms in total. The Labute approximate surface area is 97.2 Å². The molecule has 0 aliphatic heterocycles. The van der Waals surface area contributed by atoms with Gasteiger partial charge >= 0.3 is 0 Å². The molecule has 0 saturated heterocycles. The zero-order valence-corrected chi connectivity index (χ0v) is 10.0. The van der Waals surface area contributed by atoms with Gasteiger partial charge in [-0.05, 0) is 25.8 Å². The maximum Gasteiger partial charge on any atom is 0.239 e. The molecule has 1 aromatic carbocycles. The molecule has 88 valence electrons. The Kier molecular flexibility index (Phi) is 4.99. The van der Waals surface area contributed by atoms with Gasteiger partial charge in [0.05, 0.1) is 6.04 Å². The molecule has 2 N–H and O–H groups in total. The summed E-state index contributed by atoms with van der Waals surface area (Å²) in [6, 6.07) is 9.76. The largest absolute Gasteiger partial charge is 0.341 e. The minimum absolute atomic E-state index is 0.0263. The molecule has 0 aliphatic carbocycles. The highest BCUT2D eigenvalue weighted by atomic mass is 16.2. The monoisotopic (exact) mass is 220 g/mol. The van der Waals surface area contributed by atoms with Crippen LogP contribution in [-0.4, -0.2) is 29.9 Å². The maximum absolute atomic E-state index is 11.7. The molecule has 3 heteroatoms. The minimum Gasteiger partial charge on any atom is -0.341 e. The summed E-state index contributed by atoms with van der Waals surface area (Å²) in [5.74, 6) is 0.0263. The molecule has 0 aromatic heterocycles. The van der Waals surface area contributed by atoms with Gasteiger partial charge in [0.15, 0.2) is 0 Å². The summed E-state index contributed by atoms with van der Waals surface area (Å²) >= 11 is 0. The van der Waals surface area contributed by atoms with Crippen molar-refractivity contribution in [1.29, 1.82) is 0 Å². The van der Waals surface area contributed by atoms with Crippen LogP contribution in [0.3, 0.4) is 0 Å². The molecule has 1 aromatic rings. The first kappa shape index (κ1) is 12.7. The van der Waals surface area contributed by atoms with Crippen molar-refractivity contribution in [1.82, 2.24) is 4.90 Å². The van der Waals surface area contributed by atoms with E-state index < -0.39 is 6.04 Å². The molecule has 0 aliphatic rings. The summed E-state index contributed by atoms with van der Waals surface area (Å²) in [4.78, 5) is 13.5. The van der Waals surface area contributed by atoms with E-state index >= 15 is 0 Å². The van der Waals surface area contributed by atoms with Crippen LogP contribution in [0.4, 0.5) is 0 Å². The number of amides is 1. The third-order valence-electron chi connectivity index (χ3n) is 2.60. The van der Waals surface area contributed by atoms with Crippen molar-refractivity contribution < 1.29 is 4.79 Å². The molecule has 0 bridgehead atoms. The quantitative estimate of drug-likeness (QED) is 0.816. The zero-order valence-electron chi connectivity index (χ0n) is 10.0. The fraction of sp³-hybridized carbons (Fsp3) is 0.462. The second-order valence-corrected chi connectivity index (χ2v) is 3.94. The fourth-order valence-corrected chi connectivity index (χ4v) is 1.62. The minimum atomic E-state index is -0.407. The van der Waals surface area contributed by atoms with Crippen molar-refractivity contribution in [3.63, 3.8) is 0 Å². The van der Waals surface area contributed by atoms with E-state index in [2.05, 4.69) is 12.1 Å². The number of benzene rings is 1. The molecular formula is C13H20N2O. The number of carbonyl (C=O) groups is 1. The Morgan fingerprint density at radius 1 is 1.38 bits per heavy atom. The Bertz CT molecular complexity index is 322. The first-order chi connectivity index (χ1) is 7.65. The Balaban J connectivity index is 2.49. The number of nitrogens with two attached hydrogens (primary N) is 1. The van der Waals surface area contributed by atoms with Crippen molar-refractivity contribution >= 4 is 5.91 Å². The van der Waals surface area contributed by atoms with Gasteiger partial charge in [-0.3, -0.25) is 4.79 Å². The molecule has 0 radical (unpaired) electrons. The van der Waals surface area contributed by atoms with Crippen LogP contribution in [-0.2, 0) is 11.2 Å². The van der Waals surface area contributed by atoms with E-state index in [1.54, 1.807) is 11.8 Å². The van der Waals surface area contributed by atoms with Gasteiger partial charge in [-0.15, -0.1) is 0 Å². The number of hydrogen-bond donors (Lipinski definition) is 1. The Hall–Kier alpha value is -1.35. The number of likely N-dealkylation sites (N-methyl/N-ethyl adjacent to an activating group) is 1. The Morgan fingerprint density at radius 3 is 2.50 bits per heavy atom. The van der Waals surface area contributed by atoms with E-state index in [0.29, 0.717) is 6.54 Å². The predicted octanol–water partition coefficient (Wildman–Crippen LogP) is 1.42. The molecule has 0 spiro atoms. The van der Waals surface area contributed by atoms with Crippen LogP contribution in [0, 0.1) is 0 Å². The summed E-state index contributed by atoms with van der Waals surface area (Å²) < 4.78 is 0. The fourth-order valence-electron chi connectivity index (χ4n) is 1.62. The lowest BCUT2D eigenvalue weighted by atomic mass is 10.1. The van der Waals surface area contributed by atoms with Crippen molar-refractivity contribution in [2.75, 3.05) is 13.1 Å². The van der Waals surface area contributed by atoms with E-state index in [0.717, 1.165) is 13.0 Å². The van der Waals surface area contributed by atoms with Crippen molar-refractivity contribution in [2.24, 2.45) is 5.73 Å². The standard InChI is InChI=1S/C13H20N2O/c1-3-15(13(16)11(2)14)10-9-12-7-5-4-6-8-12/h4-8,11H,3,9-10,14H2,1-2H3/t11-/m0/s1. The summed E-state index contributed by atoms with van der Waals surface area (Å²) in [6.45, 7) is 5.16. The zero-order chi connectivity index (χ0) is 12.0. The number of rotatable bonds is 5.